The normalized spacial score (nSPS) is 12.3. The zero-order chi connectivity index (χ0) is 31.7. The van der Waals surface area contributed by atoms with Crippen LogP contribution in [0.5, 0.6) is 0 Å². The molecule has 0 spiro atoms. The lowest BCUT2D eigenvalue weighted by Gasteiger charge is -2.37. The minimum absolute atomic E-state index is 0.355. The quantitative estimate of drug-likeness (QED) is 0.0496. The highest BCUT2D eigenvalue weighted by Gasteiger charge is 2.37. The summed E-state index contributed by atoms with van der Waals surface area (Å²) in [5.41, 5.74) is 27.4. The molecule has 0 aliphatic heterocycles. The summed E-state index contributed by atoms with van der Waals surface area (Å²) in [7, 11) is 0. The van der Waals surface area contributed by atoms with E-state index in [-0.39, 0.29) is 0 Å². The summed E-state index contributed by atoms with van der Waals surface area (Å²) in [6.45, 7) is 13.3. The molecule has 0 unspecified atom stereocenters. The van der Waals surface area contributed by atoms with E-state index in [2.05, 4.69) is 6.58 Å². The second-order valence-corrected chi connectivity index (χ2v) is 11.3. The van der Waals surface area contributed by atoms with Gasteiger partial charge in [0.15, 0.2) is 0 Å². The molecule has 10 N–H and O–H groups in total. The Labute approximate surface area is 261 Å². The molecule has 0 radical (unpaired) electrons. The van der Waals surface area contributed by atoms with Crippen molar-refractivity contribution < 1.29 is 33.2 Å². The van der Waals surface area contributed by atoms with Gasteiger partial charge in [0.05, 0.1) is 63.7 Å². The molecule has 0 saturated carbocycles. The Morgan fingerprint density at radius 1 is 0.372 bits per heavy atom. The molecule has 12 heteroatoms. The maximum atomic E-state index is 6.53. The monoisotopic (exact) mass is 622 g/mol. The van der Waals surface area contributed by atoms with Crippen molar-refractivity contribution in [2.45, 2.75) is 51.4 Å². The van der Waals surface area contributed by atoms with Crippen LogP contribution in [0.25, 0.3) is 0 Å². The zero-order valence-corrected chi connectivity index (χ0v) is 27.1. The molecule has 0 heterocycles. The summed E-state index contributed by atoms with van der Waals surface area (Å²) in [5.74, 6) is 0. The Morgan fingerprint density at radius 2 is 0.628 bits per heavy atom. The smallest absolute Gasteiger partial charge is 0.0637 e. The third-order valence-electron chi connectivity index (χ3n) is 6.68. The average Bonchev–Trinajstić information content (AvgIpc) is 3.02. The van der Waals surface area contributed by atoms with Crippen LogP contribution in [0.15, 0.2) is 12.7 Å². The molecule has 0 aromatic rings. The van der Waals surface area contributed by atoms with Crippen molar-refractivity contribution in [2.24, 2.45) is 39.5 Å². The predicted octanol–water partition coefficient (Wildman–Crippen LogP) is 1.18. The number of ether oxygens (including phenoxy) is 7. The van der Waals surface area contributed by atoms with Gasteiger partial charge in [0.2, 0.25) is 0 Å². The van der Waals surface area contributed by atoms with Crippen molar-refractivity contribution in [3.8, 4) is 0 Å². The Morgan fingerprint density at radius 3 is 0.884 bits per heavy atom. The Balaban J connectivity index is 5.74. The number of rotatable bonds is 36. The Bertz CT molecular complexity index is 549. The van der Waals surface area contributed by atoms with Crippen molar-refractivity contribution in [3.05, 3.63) is 12.7 Å². The van der Waals surface area contributed by atoms with E-state index in [0.717, 1.165) is 51.4 Å². The van der Waals surface area contributed by atoms with Gasteiger partial charge in [-0.15, -0.1) is 6.58 Å². The van der Waals surface area contributed by atoms with Gasteiger partial charge in [-0.3, -0.25) is 0 Å². The molecule has 258 valence electrons. The number of unbranched alkanes of at least 4 members (excludes halogenated alkanes) is 2. The Kier molecular flexibility index (Phi) is 30.7. The van der Waals surface area contributed by atoms with Crippen molar-refractivity contribution in [1.29, 1.82) is 0 Å². The zero-order valence-electron chi connectivity index (χ0n) is 27.1. The van der Waals surface area contributed by atoms with Crippen LogP contribution in [0.3, 0.4) is 0 Å². The van der Waals surface area contributed by atoms with E-state index in [1.807, 2.05) is 6.08 Å². The minimum atomic E-state index is -0.532. The van der Waals surface area contributed by atoms with Crippen LogP contribution in [0, 0.1) is 10.8 Å². The first-order valence-electron chi connectivity index (χ1n) is 16.2. The molecule has 0 aromatic carbocycles. The van der Waals surface area contributed by atoms with E-state index in [1.54, 1.807) is 0 Å². The van der Waals surface area contributed by atoms with Crippen LogP contribution < -0.4 is 28.7 Å². The maximum absolute atomic E-state index is 6.53. The van der Waals surface area contributed by atoms with Crippen LogP contribution in [-0.4, -0.2) is 125 Å². The van der Waals surface area contributed by atoms with E-state index in [1.165, 1.54) is 0 Å². The fraction of sp³-hybridized carbons (Fsp3) is 0.935. The molecular weight excluding hydrogens is 554 g/mol. The molecule has 0 bridgehead atoms. The van der Waals surface area contributed by atoms with Gasteiger partial charge in [0.25, 0.3) is 0 Å². The summed E-state index contributed by atoms with van der Waals surface area (Å²) >= 11 is 0. The van der Waals surface area contributed by atoms with Gasteiger partial charge >= 0.3 is 0 Å². The second kappa shape index (κ2) is 31.3. The van der Waals surface area contributed by atoms with Crippen LogP contribution in [0.2, 0.25) is 0 Å². The third kappa shape index (κ3) is 24.2. The molecule has 0 atom stereocenters. The van der Waals surface area contributed by atoms with Crippen molar-refractivity contribution >= 4 is 0 Å². The highest BCUT2D eigenvalue weighted by molar-refractivity contribution is 4.83. The van der Waals surface area contributed by atoms with Gasteiger partial charge in [-0.25, -0.2) is 0 Å². The Hall–Kier alpha value is -0.740. The lowest BCUT2D eigenvalue weighted by atomic mass is 9.90. The van der Waals surface area contributed by atoms with Crippen LogP contribution >= 0.6 is 0 Å². The minimum Gasteiger partial charge on any atom is -0.381 e. The van der Waals surface area contributed by atoms with Gasteiger partial charge in [0.1, 0.15) is 0 Å². The molecule has 0 aliphatic rings. The first-order valence-corrected chi connectivity index (χ1v) is 16.2. The van der Waals surface area contributed by atoms with Crippen molar-refractivity contribution in [1.82, 2.24) is 0 Å². The van der Waals surface area contributed by atoms with E-state index in [9.17, 15) is 0 Å². The highest BCUT2D eigenvalue weighted by atomic mass is 16.5. The summed E-state index contributed by atoms with van der Waals surface area (Å²) in [6.07, 6.45) is 8.75. The number of allylic oxidation sites excluding steroid dienone is 1. The van der Waals surface area contributed by atoms with Gasteiger partial charge in [-0.1, -0.05) is 6.08 Å². The van der Waals surface area contributed by atoms with E-state index in [4.69, 9.17) is 61.8 Å². The molecule has 0 aromatic heterocycles. The van der Waals surface area contributed by atoms with E-state index < -0.39 is 10.8 Å². The largest absolute Gasteiger partial charge is 0.381 e. The first kappa shape index (κ1) is 42.3. The lowest BCUT2D eigenvalue weighted by molar-refractivity contribution is -0.142. The van der Waals surface area contributed by atoms with Gasteiger partial charge in [-0.05, 0) is 84.1 Å². The summed E-state index contributed by atoms with van der Waals surface area (Å²) in [5, 5.41) is 0. The summed E-state index contributed by atoms with van der Waals surface area (Å²) in [6, 6.07) is 0. The van der Waals surface area contributed by atoms with Crippen molar-refractivity contribution in [2.75, 3.05) is 125 Å². The number of nitrogens with two attached hydrogens (primary N) is 5. The number of hydrogen-bond acceptors (Lipinski definition) is 12. The first-order chi connectivity index (χ1) is 21.1. The third-order valence-corrected chi connectivity index (χ3v) is 6.68. The van der Waals surface area contributed by atoms with E-state index >= 15 is 0 Å². The number of hydrogen-bond donors (Lipinski definition) is 5. The highest BCUT2D eigenvalue weighted by Crippen LogP contribution is 2.26. The van der Waals surface area contributed by atoms with Gasteiger partial charge in [-0.2, -0.15) is 0 Å². The fourth-order valence-corrected chi connectivity index (χ4v) is 4.14. The van der Waals surface area contributed by atoms with Crippen LogP contribution in [0.4, 0.5) is 0 Å². The maximum Gasteiger partial charge on any atom is 0.0637 e. The molecule has 0 rings (SSSR count). The summed E-state index contributed by atoms with van der Waals surface area (Å²) in [4.78, 5) is 0. The van der Waals surface area contributed by atoms with Gasteiger partial charge in [0, 0.05) is 39.6 Å². The topological polar surface area (TPSA) is 195 Å². The van der Waals surface area contributed by atoms with Crippen molar-refractivity contribution in [3.63, 3.8) is 0 Å². The molecule has 0 fully saturated rings. The molecule has 0 saturated heterocycles. The van der Waals surface area contributed by atoms with Gasteiger partial charge < -0.3 is 61.8 Å². The molecule has 0 aliphatic carbocycles. The fourth-order valence-electron chi connectivity index (χ4n) is 4.14. The average molecular weight is 622 g/mol. The lowest BCUT2D eigenvalue weighted by Crippen LogP contribution is -2.46. The van der Waals surface area contributed by atoms with E-state index in [0.29, 0.717) is 125 Å². The molecule has 43 heavy (non-hydrogen) atoms. The second-order valence-electron chi connectivity index (χ2n) is 11.3. The van der Waals surface area contributed by atoms with Crippen LogP contribution in [0.1, 0.15) is 51.4 Å². The molecule has 0 amide bonds. The molecular formula is C31H67N5O7. The molecule has 12 nitrogen and oxygen atoms in total. The summed E-state index contributed by atoms with van der Waals surface area (Å²) < 4.78 is 43.1. The SMILES string of the molecule is C=CCCCCOCC(COCCCN)(COCCCN)COCC(COCCCN)(COCCCN)COCCCN. The predicted molar refractivity (Wildman–Crippen MR) is 173 cm³/mol. The standard InChI is InChI=1S/C31H67N5O7/c1-2-3-4-5-16-37-22-30(23-38-17-6-11-32,24-39-18-7-12-33)28-43-29-31(25-40-19-8-13-34,26-41-20-9-14-35)27-42-21-10-15-36/h2H,1,3-29,32-36H2. The van der Waals surface area contributed by atoms with Crippen LogP contribution in [-0.2, 0) is 33.2 Å².